The molecule has 0 heterocycles. The molecule has 0 saturated carbocycles. The zero-order chi connectivity index (χ0) is 5.15. The van der Waals surface area contributed by atoms with Gasteiger partial charge in [0.2, 0.25) is 6.43 Å². The molecule has 0 unspecified atom stereocenters. The van der Waals surface area contributed by atoms with Crippen molar-refractivity contribution in [2.75, 3.05) is 0 Å². The average Bonchev–Trinajstić information content (AvgIpc) is 1.36. The molecule has 0 bridgehead atoms. The number of rotatable bonds is 1. The Morgan fingerprint density at radius 3 is 1.67 bits per heavy atom. The summed E-state index contributed by atoms with van der Waals surface area (Å²) in [4.78, 5) is 0. The van der Waals surface area contributed by atoms with E-state index in [1.807, 2.05) is 0 Å². The maximum Gasteiger partial charge on any atom is 0.249 e. The predicted octanol–water partition coefficient (Wildman–Crippen LogP) is 1.57. The summed E-state index contributed by atoms with van der Waals surface area (Å²) in [7, 11) is 0. The molecule has 0 aromatic carbocycles. The van der Waals surface area contributed by atoms with E-state index in [4.69, 9.17) is 0 Å². The summed E-state index contributed by atoms with van der Waals surface area (Å²) >= 11 is 3.44. The highest BCUT2D eigenvalue weighted by atomic mass is 32.1. The molecule has 0 aliphatic heterocycles. The summed E-state index contributed by atoms with van der Waals surface area (Å²) in [5.74, 6) is 0. The second-order valence-electron chi connectivity index (χ2n) is 1.08. The van der Waals surface area contributed by atoms with E-state index in [2.05, 4.69) is 12.6 Å². The van der Waals surface area contributed by atoms with E-state index in [0.717, 1.165) is 0 Å². The molecule has 0 aliphatic rings. The number of hydrogen-bond acceptors (Lipinski definition) is 1. The van der Waals surface area contributed by atoms with Crippen molar-refractivity contribution >= 4 is 12.6 Å². The molecular formula is C3H6F2S. The van der Waals surface area contributed by atoms with Crippen molar-refractivity contribution in [2.24, 2.45) is 0 Å². The minimum atomic E-state index is -2.28. The van der Waals surface area contributed by atoms with Crippen molar-refractivity contribution in [3.05, 3.63) is 0 Å². The van der Waals surface area contributed by atoms with E-state index >= 15 is 0 Å². The van der Waals surface area contributed by atoms with Crippen LogP contribution in [0.15, 0.2) is 0 Å². The molecule has 3 heteroatoms. The summed E-state index contributed by atoms with van der Waals surface area (Å²) in [5, 5.41) is -0.787. The van der Waals surface area contributed by atoms with E-state index in [0.29, 0.717) is 0 Å². The van der Waals surface area contributed by atoms with E-state index in [9.17, 15) is 8.78 Å². The first-order chi connectivity index (χ1) is 2.64. The lowest BCUT2D eigenvalue weighted by Gasteiger charge is -1.96. The van der Waals surface area contributed by atoms with Crippen LogP contribution in [0, 0.1) is 0 Å². The van der Waals surface area contributed by atoms with E-state index in [-0.39, 0.29) is 0 Å². The maximum atomic E-state index is 11.1. The quantitative estimate of drug-likeness (QED) is 0.489. The average molecular weight is 112 g/mol. The van der Waals surface area contributed by atoms with Crippen LogP contribution in [0.3, 0.4) is 0 Å². The Kier molecular flexibility index (Phi) is 2.48. The summed E-state index contributed by atoms with van der Waals surface area (Å²) in [6, 6.07) is 0. The van der Waals surface area contributed by atoms with E-state index < -0.39 is 11.7 Å². The van der Waals surface area contributed by atoms with Gasteiger partial charge in [-0.3, -0.25) is 0 Å². The number of hydrogen-bond donors (Lipinski definition) is 1. The molecule has 1 atom stereocenters. The van der Waals surface area contributed by atoms with Gasteiger partial charge in [-0.25, -0.2) is 8.78 Å². The molecule has 0 aromatic rings. The third-order valence-corrected chi connectivity index (χ3v) is 0.590. The summed E-state index contributed by atoms with van der Waals surface area (Å²) in [6.45, 7) is 1.35. The molecule has 38 valence electrons. The number of thiol groups is 1. The highest BCUT2D eigenvalue weighted by Gasteiger charge is 2.06. The fourth-order valence-electron chi connectivity index (χ4n) is 0. The first kappa shape index (κ1) is 6.21. The lowest BCUT2D eigenvalue weighted by molar-refractivity contribution is 0.151. The van der Waals surface area contributed by atoms with Crippen molar-refractivity contribution in [3.8, 4) is 0 Å². The van der Waals surface area contributed by atoms with Crippen LogP contribution in [0.25, 0.3) is 0 Å². The Morgan fingerprint density at radius 1 is 1.50 bits per heavy atom. The van der Waals surface area contributed by atoms with Gasteiger partial charge in [0.25, 0.3) is 0 Å². The molecule has 0 fully saturated rings. The Morgan fingerprint density at radius 2 is 1.67 bits per heavy atom. The normalized spacial score (nSPS) is 15.5. The van der Waals surface area contributed by atoms with Crippen molar-refractivity contribution in [1.82, 2.24) is 0 Å². The first-order valence-corrected chi connectivity index (χ1v) is 2.12. The van der Waals surface area contributed by atoms with Crippen LogP contribution in [0.2, 0.25) is 0 Å². The molecular weight excluding hydrogens is 106 g/mol. The highest BCUT2D eigenvalue weighted by molar-refractivity contribution is 7.81. The maximum absolute atomic E-state index is 11.1. The first-order valence-electron chi connectivity index (χ1n) is 1.61. The minimum absolute atomic E-state index is 0.787. The van der Waals surface area contributed by atoms with Crippen LogP contribution < -0.4 is 0 Å². The Labute approximate surface area is 41.0 Å². The zero-order valence-corrected chi connectivity index (χ0v) is 4.25. The highest BCUT2D eigenvalue weighted by Crippen LogP contribution is 2.04. The van der Waals surface area contributed by atoms with E-state index in [1.165, 1.54) is 6.92 Å². The van der Waals surface area contributed by atoms with Crippen molar-refractivity contribution in [3.63, 3.8) is 0 Å². The van der Waals surface area contributed by atoms with Crippen LogP contribution in [-0.2, 0) is 0 Å². The fraction of sp³-hybridized carbons (Fsp3) is 1.00. The second kappa shape index (κ2) is 2.39. The van der Waals surface area contributed by atoms with Crippen LogP contribution in [0.4, 0.5) is 8.78 Å². The van der Waals surface area contributed by atoms with Crippen LogP contribution in [0.5, 0.6) is 0 Å². The molecule has 0 saturated heterocycles. The standard InChI is InChI=1S/C3H6F2S/c1-2(6)3(4)5/h2-3,6H,1H3/t2-/m0/s1. The Bertz CT molecular complexity index is 29.8. The third-order valence-electron chi connectivity index (χ3n) is 0.365. The van der Waals surface area contributed by atoms with Gasteiger partial charge < -0.3 is 0 Å². The van der Waals surface area contributed by atoms with Crippen molar-refractivity contribution < 1.29 is 8.78 Å². The number of halogens is 2. The van der Waals surface area contributed by atoms with Gasteiger partial charge in [-0.05, 0) is 6.92 Å². The third kappa shape index (κ3) is 2.45. The predicted molar refractivity (Wildman–Crippen MR) is 24.5 cm³/mol. The van der Waals surface area contributed by atoms with Gasteiger partial charge in [0.1, 0.15) is 0 Å². The van der Waals surface area contributed by atoms with Gasteiger partial charge in [0.05, 0.1) is 5.25 Å². The lowest BCUT2D eigenvalue weighted by Crippen LogP contribution is -2.03. The van der Waals surface area contributed by atoms with Crippen LogP contribution >= 0.6 is 12.6 Å². The molecule has 0 spiro atoms. The Balaban J connectivity index is 2.99. The molecule has 0 amide bonds. The summed E-state index contributed by atoms with van der Waals surface area (Å²) in [6.07, 6.45) is -2.28. The second-order valence-corrected chi connectivity index (χ2v) is 1.89. The van der Waals surface area contributed by atoms with Gasteiger partial charge >= 0.3 is 0 Å². The monoisotopic (exact) mass is 112 g/mol. The molecule has 6 heavy (non-hydrogen) atoms. The van der Waals surface area contributed by atoms with Gasteiger partial charge in [-0.2, -0.15) is 12.6 Å². The summed E-state index contributed by atoms with van der Waals surface area (Å²) < 4.78 is 22.2. The van der Waals surface area contributed by atoms with Gasteiger partial charge in [0, 0.05) is 0 Å². The Hall–Kier alpha value is 0.210. The van der Waals surface area contributed by atoms with Gasteiger partial charge in [-0.1, -0.05) is 0 Å². The van der Waals surface area contributed by atoms with Crippen molar-refractivity contribution in [2.45, 2.75) is 18.6 Å². The minimum Gasteiger partial charge on any atom is -0.209 e. The topological polar surface area (TPSA) is 0 Å². The van der Waals surface area contributed by atoms with Gasteiger partial charge in [0.15, 0.2) is 0 Å². The molecule has 0 radical (unpaired) electrons. The van der Waals surface area contributed by atoms with E-state index in [1.54, 1.807) is 0 Å². The lowest BCUT2D eigenvalue weighted by atomic mass is 10.5. The SMILES string of the molecule is C[C@H](S)C(F)F. The molecule has 0 nitrogen and oxygen atoms in total. The van der Waals surface area contributed by atoms with Crippen LogP contribution in [-0.4, -0.2) is 11.7 Å². The van der Waals surface area contributed by atoms with Crippen LogP contribution in [0.1, 0.15) is 6.92 Å². The molecule has 0 N–H and O–H groups in total. The smallest absolute Gasteiger partial charge is 0.209 e. The fourth-order valence-corrected chi connectivity index (χ4v) is 0. The molecule has 0 aliphatic carbocycles. The zero-order valence-electron chi connectivity index (χ0n) is 3.36. The van der Waals surface area contributed by atoms with Gasteiger partial charge in [-0.15, -0.1) is 0 Å². The molecule has 0 aromatic heterocycles. The largest absolute Gasteiger partial charge is 0.249 e. The molecule has 0 rings (SSSR count). The van der Waals surface area contributed by atoms with Crippen molar-refractivity contribution in [1.29, 1.82) is 0 Å². The summed E-state index contributed by atoms with van der Waals surface area (Å²) in [5.41, 5.74) is 0. The number of alkyl halides is 2.